The van der Waals surface area contributed by atoms with E-state index in [1.165, 1.54) is 12.1 Å². The lowest BCUT2D eigenvalue weighted by Gasteiger charge is -2.13. The molecule has 24 heavy (non-hydrogen) atoms. The largest absolute Gasteiger partial charge is 0.341 e. The van der Waals surface area contributed by atoms with Crippen molar-refractivity contribution in [2.24, 2.45) is 0 Å². The normalized spacial score (nSPS) is 11.4. The van der Waals surface area contributed by atoms with Crippen LogP contribution in [0.1, 0.15) is 18.5 Å². The summed E-state index contributed by atoms with van der Waals surface area (Å²) in [5.41, 5.74) is 0.524. The fourth-order valence-electron chi connectivity index (χ4n) is 1.92. The van der Waals surface area contributed by atoms with E-state index in [1.54, 1.807) is 31.5 Å². The number of amides is 2. The number of halogens is 1. The first-order valence-electron chi connectivity index (χ1n) is 6.84. The molecule has 2 rings (SSSR count). The van der Waals surface area contributed by atoms with Crippen LogP contribution in [0.15, 0.2) is 42.7 Å². The van der Waals surface area contributed by atoms with Crippen LogP contribution in [0.2, 0.25) is 5.02 Å². The van der Waals surface area contributed by atoms with Crippen LogP contribution in [0.5, 0.6) is 0 Å². The number of pyridine rings is 1. The van der Waals surface area contributed by atoms with E-state index in [1.807, 2.05) is 0 Å². The minimum absolute atomic E-state index is 0.0613. The smallest absolute Gasteiger partial charge is 0.313 e. The number of rotatable bonds is 4. The Hall–Kier alpha value is -3.00. The summed E-state index contributed by atoms with van der Waals surface area (Å²) in [7, 11) is 0. The molecule has 0 bridgehead atoms. The molecule has 2 aromatic rings. The summed E-state index contributed by atoms with van der Waals surface area (Å²) in [5.74, 6) is -1.80. The Bertz CT molecular complexity index is 782. The molecule has 124 valence electrons. The number of benzene rings is 1. The standard InChI is InChI=1S/C15H13ClN4O4/c1-9(10-4-6-17-7-5-10)18-14(21)15(22)19-11-2-3-12(16)13(8-11)20(23)24/h2-9H,1H3,(H,18,21)(H,19,22). The Morgan fingerprint density at radius 2 is 1.88 bits per heavy atom. The summed E-state index contributed by atoms with van der Waals surface area (Å²) in [5, 5.41) is 15.6. The Balaban J connectivity index is 2.03. The van der Waals surface area contributed by atoms with Gasteiger partial charge in [0.25, 0.3) is 5.69 Å². The Labute approximate surface area is 142 Å². The zero-order valence-corrected chi connectivity index (χ0v) is 13.3. The second kappa shape index (κ2) is 7.51. The molecule has 0 saturated carbocycles. The lowest BCUT2D eigenvalue weighted by Crippen LogP contribution is -2.36. The highest BCUT2D eigenvalue weighted by Crippen LogP contribution is 2.27. The molecule has 1 aromatic heterocycles. The zero-order chi connectivity index (χ0) is 17.7. The van der Waals surface area contributed by atoms with Crippen LogP contribution in [-0.2, 0) is 9.59 Å². The van der Waals surface area contributed by atoms with Gasteiger partial charge in [-0.25, -0.2) is 0 Å². The molecular weight excluding hydrogens is 336 g/mol. The van der Waals surface area contributed by atoms with E-state index in [0.29, 0.717) is 0 Å². The van der Waals surface area contributed by atoms with Crippen molar-refractivity contribution in [2.75, 3.05) is 5.32 Å². The van der Waals surface area contributed by atoms with Crippen LogP contribution in [-0.4, -0.2) is 21.7 Å². The topological polar surface area (TPSA) is 114 Å². The van der Waals surface area contributed by atoms with Gasteiger partial charge in [0.15, 0.2) is 0 Å². The lowest BCUT2D eigenvalue weighted by molar-refractivity contribution is -0.384. The third-order valence-corrected chi connectivity index (χ3v) is 3.48. The van der Waals surface area contributed by atoms with Gasteiger partial charge in [-0.05, 0) is 36.8 Å². The van der Waals surface area contributed by atoms with Crippen molar-refractivity contribution in [3.63, 3.8) is 0 Å². The maximum absolute atomic E-state index is 11.9. The molecule has 9 heteroatoms. The summed E-state index contributed by atoms with van der Waals surface area (Å²) in [6, 6.07) is 6.75. The van der Waals surface area contributed by atoms with Crippen molar-refractivity contribution in [1.29, 1.82) is 0 Å². The maximum Gasteiger partial charge on any atom is 0.313 e. The molecule has 0 saturated heterocycles. The van der Waals surface area contributed by atoms with Crippen LogP contribution < -0.4 is 10.6 Å². The van der Waals surface area contributed by atoms with Crippen molar-refractivity contribution in [1.82, 2.24) is 10.3 Å². The molecule has 0 aliphatic heterocycles. The van der Waals surface area contributed by atoms with Crippen LogP contribution in [0.4, 0.5) is 11.4 Å². The third-order valence-electron chi connectivity index (χ3n) is 3.16. The summed E-state index contributed by atoms with van der Waals surface area (Å²) in [4.78, 5) is 37.8. The number of aromatic nitrogens is 1. The van der Waals surface area contributed by atoms with Crippen molar-refractivity contribution >= 4 is 34.8 Å². The zero-order valence-electron chi connectivity index (χ0n) is 12.5. The van der Waals surface area contributed by atoms with E-state index in [2.05, 4.69) is 15.6 Å². The number of nitro groups is 1. The van der Waals surface area contributed by atoms with E-state index in [9.17, 15) is 19.7 Å². The highest BCUT2D eigenvalue weighted by Gasteiger charge is 2.19. The van der Waals surface area contributed by atoms with E-state index >= 15 is 0 Å². The van der Waals surface area contributed by atoms with Gasteiger partial charge in [-0.15, -0.1) is 0 Å². The van der Waals surface area contributed by atoms with Gasteiger partial charge in [-0.2, -0.15) is 0 Å². The van der Waals surface area contributed by atoms with Crippen molar-refractivity contribution < 1.29 is 14.5 Å². The van der Waals surface area contributed by atoms with E-state index in [-0.39, 0.29) is 16.4 Å². The van der Waals surface area contributed by atoms with Gasteiger partial charge in [-0.1, -0.05) is 11.6 Å². The molecule has 1 unspecified atom stereocenters. The predicted molar refractivity (Wildman–Crippen MR) is 87.5 cm³/mol. The van der Waals surface area contributed by atoms with Gasteiger partial charge in [0.1, 0.15) is 5.02 Å². The molecule has 2 N–H and O–H groups in total. The average Bonchev–Trinajstić information content (AvgIpc) is 2.57. The Kier molecular flexibility index (Phi) is 5.43. The first-order valence-corrected chi connectivity index (χ1v) is 7.22. The quantitative estimate of drug-likeness (QED) is 0.500. The number of nitrogens with one attached hydrogen (secondary N) is 2. The van der Waals surface area contributed by atoms with Gasteiger partial charge >= 0.3 is 11.8 Å². The van der Waals surface area contributed by atoms with Crippen LogP contribution in [0, 0.1) is 10.1 Å². The number of nitro benzene ring substituents is 1. The highest BCUT2D eigenvalue weighted by atomic mass is 35.5. The molecule has 1 heterocycles. The van der Waals surface area contributed by atoms with E-state index in [4.69, 9.17) is 11.6 Å². The van der Waals surface area contributed by atoms with E-state index < -0.39 is 22.8 Å². The van der Waals surface area contributed by atoms with Crippen molar-refractivity contribution in [3.8, 4) is 0 Å². The monoisotopic (exact) mass is 348 g/mol. The fourth-order valence-corrected chi connectivity index (χ4v) is 2.10. The number of hydrogen-bond acceptors (Lipinski definition) is 5. The fraction of sp³-hybridized carbons (Fsp3) is 0.133. The predicted octanol–water partition coefficient (Wildman–Crippen LogP) is 2.46. The molecule has 0 fully saturated rings. The minimum Gasteiger partial charge on any atom is -0.341 e. The molecule has 1 aromatic carbocycles. The van der Waals surface area contributed by atoms with Gasteiger partial charge in [0, 0.05) is 24.1 Å². The Morgan fingerprint density at radius 1 is 1.21 bits per heavy atom. The summed E-state index contributed by atoms with van der Waals surface area (Å²) in [6.45, 7) is 1.72. The average molecular weight is 349 g/mol. The van der Waals surface area contributed by atoms with Crippen LogP contribution in [0.25, 0.3) is 0 Å². The van der Waals surface area contributed by atoms with Crippen LogP contribution in [0.3, 0.4) is 0 Å². The van der Waals surface area contributed by atoms with Crippen molar-refractivity contribution in [3.05, 3.63) is 63.4 Å². The molecule has 2 amide bonds. The van der Waals surface area contributed by atoms with Crippen LogP contribution >= 0.6 is 11.6 Å². The van der Waals surface area contributed by atoms with Crippen molar-refractivity contribution in [2.45, 2.75) is 13.0 Å². The first-order chi connectivity index (χ1) is 11.4. The number of hydrogen-bond donors (Lipinski definition) is 2. The number of nitrogens with zero attached hydrogens (tertiary/aromatic N) is 2. The number of carbonyl (C=O) groups is 2. The Morgan fingerprint density at radius 3 is 2.50 bits per heavy atom. The molecule has 0 aliphatic carbocycles. The molecule has 8 nitrogen and oxygen atoms in total. The highest BCUT2D eigenvalue weighted by molar-refractivity contribution is 6.39. The number of carbonyl (C=O) groups excluding carboxylic acids is 2. The third kappa shape index (κ3) is 4.26. The summed E-state index contributed by atoms with van der Waals surface area (Å²) < 4.78 is 0. The molecular formula is C15H13ClN4O4. The minimum atomic E-state index is -0.937. The second-order valence-corrected chi connectivity index (χ2v) is 5.26. The van der Waals surface area contributed by atoms with Gasteiger partial charge in [0.05, 0.1) is 11.0 Å². The van der Waals surface area contributed by atoms with Gasteiger partial charge < -0.3 is 10.6 Å². The summed E-state index contributed by atoms with van der Waals surface area (Å²) >= 11 is 5.69. The van der Waals surface area contributed by atoms with Gasteiger partial charge in [0.2, 0.25) is 0 Å². The molecule has 0 radical (unpaired) electrons. The summed E-state index contributed by atoms with van der Waals surface area (Å²) in [6.07, 6.45) is 3.15. The molecule has 1 atom stereocenters. The maximum atomic E-state index is 11.9. The van der Waals surface area contributed by atoms with E-state index in [0.717, 1.165) is 11.6 Å². The molecule has 0 aliphatic rings. The lowest BCUT2D eigenvalue weighted by atomic mass is 10.1. The SMILES string of the molecule is CC(NC(=O)C(=O)Nc1ccc(Cl)c([N+](=O)[O-])c1)c1ccncc1. The first kappa shape index (κ1) is 17.4. The molecule has 0 spiro atoms. The van der Waals surface area contributed by atoms with Gasteiger partial charge in [-0.3, -0.25) is 24.7 Å². The second-order valence-electron chi connectivity index (χ2n) is 4.85. The number of anilines is 1.